The third kappa shape index (κ3) is 4.76. The quantitative estimate of drug-likeness (QED) is 0.302. The van der Waals surface area contributed by atoms with Gasteiger partial charge in [0.2, 0.25) is 9.84 Å². The lowest BCUT2D eigenvalue weighted by Gasteiger charge is -2.13. The largest absolute Gasteiger partial charge is 0.480 e. The number of benzene rings is 3. The van der Waals surface area contributed by atoms with Crippen LogP contribution in [0.1, 0.15) is 11.1 Å². The molecule has 176 valence electrons. The molecule has 1 aromatic heterocycles. The Morgan fingerprint density at radius 3 is 2.35 bits per heavy atom. The zero-order chi connectivity index (χ0) is 24.6. The van der Waals surface area contributed by atoms with Crippen LogP contribution >= 0.6 is 23.2 Å². The molecule has 34 heavy (non-hydrogen) atoms. The number of nitrogens with one attached hydrogen (secondary N) is 1. The number of hydrogen-bond acceptors (Lipinski definition) is 5. The molecule has 0 aliphatic rings. The summed E-state index contributed by atoms with van der Waals surface area (Å²) in [5.74, 6) is -0.649. The first-order valence-corrected chi connectivity index (χ1v) is 12.4. The highest BCUT2D eigenvalue weighted by molar-refractivity contribution is 7.91. The molecule has 4 aromatic rings. The molecule has 0 saturated carbocycles. The highest BCUT2D eigenvalue weighted by Gasteiger charge is 2.22. The molecule has 0 radical (unpaired) electrons. The van der Waals surface area contributed by atoms with Gasteiger partial charge in [-0.1, -0.05) is 40.9 Å². The van der Waals surface area contributed by atoms with E-state index in [2.05, 4.69) is 4.98 Å². The van der Waals surface area contributed by atoms with Gasteiger partial charge in [0.15, 0.2) is 5.75 Å². The average molecular weight is 519 g/mol. The number of aromatic amines is 1. The van der Waals surface area contributed by atoms with E-state index in [1.807, 2.05) is 6.92 Å². The van der Waals surface area contributed by atoms with Gasteiger partial charge in [-0.25, -0.2) is 8.42 Å². The molecule has 7 nitrogen and oxygen atoms in total. The first kappa shape index (κ1) is 24.1. The van der Waals surface area contributed by atoms with E-state index in [1.165, 1.54) is 18.3 Å². The molecule has 0 bridgehead atoms. The van der Waals surface area contributed by atoms with Crippen LogP contribution in [0.25, 0.3) is 10.9 Å². The van der Waals surface area contributed by atoms with E-state index in [4.69, 9.17) is 38.8 Å². The number of ether oxygens (including phenoxy) is 1. The molecule has 0 saturated heterocycles. The molecule has 0 spiro atoms. The molecule has 1 atom stereocenters. The first-order valence-electron chi connectivity index (χ1n) is 10.1. The predicted octanol–water partition coefficient (Wildman–Crippen LogP) is 5.36. The lowest BCUT2D eigenvalue weighted by molar-refractivity contribution is -0.138. The Morgan fingerprint density at radius 2 is 1.74 bits per heavy atom. The van der Waals surface area contributed by atoms with Crippen LogP contribution < -0.4 is 10.5 Å². The predicted molar refractivity (Wildman–Crippen MR) is 131 cm³/mol. The van der Waals surface area contributed by atoms with Gasteiger partial charge < -0.3 is 20.6 Å². The number of aryl methyl sites for hydroxylation is 1. The van der Waals surface area contributed by atoms with Crippen LogP contribution in [0.3, 0.4) is 0 Å². The van der Waals surface area contributed by atoms with Gasteiger partial charge in [0.05, 0.1) is 19.8 Å². The van der Waals surface area contributed by atoms with Crippen molar-refractivity contribution in [2.24, 2.45) is 5.73 Å². The van der Waals surface area contributed by atoms with Crippen LogP contribution in [0.4, 0.5) is 0 Å². The number of nitrogens with two attached hydrogens (primary N) is 1. The minimum atomic E-state index is -3.77. The fourth-order valence-corrected chi connectivity index (χ4v) is 5.52. The highest BCUT2D eigenvalue weighted by atomic mass is 35.5. The zero-order valence-corrected chi connectivity index (χ0v) is 20.2. The molecule has 4 rings (SSSR count). The Hall–Kier alpha value is -3.04. The van der Waals surface area contributed by atoms with E-state index in [-0.39, 0.29) is 32.0 Å². The van der Waals surface area contributed by atoms with E-state index >= 15 is 0 Å². The Bertz CT molecular complexity index is 1470. The summed E-state index contributed by atoms with van der Waals surface area (Å²) in [5, 5.41) is 9.79. The van der Waals surface area contributed by atoms with Crippen LogP contribution in [0.15, 0.2) is 70.6 Å². The molecule has 4 N–H and O–H groups in total. The van der Waals surface area contributed by atoms with Crippen molar-refractivity contribution in [1.82, 2.24) is 4.98 Å². The summed E-state index contributed by atoms with van der Waals surface area (Å²) in [4.78, 5) is 14.3. The van der Waals surface area contributed by atoms with E-state index in [1.54, 1.807) is 42.5 Å². The lowest BCUT2D eigenvalue weighted by atomic mass is 10.1. The van der Waals surface area contributed by atoms with Crippen molar-refractivity contribution in [1.29, 1.82) is 0 Å². The van der Waals surface area contributed by atoms with Crippen molar-refractivity contribution in [2.75, 3.05) is 0 Å². The fourth-order valence-electron chi connectivity index (χ4n) is 3.49. The van der Waals surface area contributed by atoms with E-state index in [0.29, 0.717) is 22.2 Å². The number of hydrogen-bond donors (Lipinski definition) is 3. The minimum absolute atomic E-state index is 0.0462. The average Bonchev–Trinajstić information content (AvgIpc) is 3.20. The number of carboxylic acid groups (broad SMARTS) is 1. The molecule has 1 heterocycles. The van der Waals surface area contributed by atoms with Crippen molar-refractivity contribution in [3.8, 4) is 11.5 Å². The van der Waals surface area contributed by atoms with Crippen LogP contribution in [-0.2, 0) is 21.1 Å². The maximum absolute atomic E-state index is 13.2. The molecule has 0 amide bonds. The highest BCUT2D eigenvalue weighted by Crippen LogP contribution is 2.39. The van der Waals surface area contributed by atoms with Gasteiger partial charge in [0.25, 0.3) is 0 Å². The summed E-state index contributed by atoms with van der Waals surface area (Å²) in [6.07, 6.45) is 1.49. The lowest BCUT2D eigenvalue weighted by Crippen LogP contribution is -2.32. The molecule has 0 fully saturated rings. The maximum atomic E-state index is 13.2. The second-order valence-corrected chi connectivity index (χ2v) is 10.5. The number of rotatable bonds is 7. The van der Waals surface area contributed by atoms with Crippen molar-refractivity contribution >= 4 is 49.9 Å². The molecule has 0 unspecified atom stereocenters. The van der Waals surface area contributed by atoms with Crippen molar-refractivity contribution in [3.05, 3.63) is 82.0 Å². The number of H-pyrrole nitrogens is 1. The van der Waals surface area contributed by atoms with Crippen LogP contribution in [0.5, 0.6) is 11.5 Å². The van der Waals surface area contributed by atoms with Crippen molar-refractivity contribution in [2.45, 2.75) is 29.2 Å². The summed E-state index contributed by atoms with van der Waals surface area (Å²) < 4.78 is 32.3. The number of fused-ring (bicyclic) bond motifs is 1. The summed E-state index contributed by atoms with van der Waals surface area (Å²) in [6.45, 7) is 1.88. The number of aromatic nitrogens is 1. The Kier molecular flexibility index (Phi) is 6.60. The standard InChI is InChI=1S/C24H20Cl2N2O5S/c1-13-2-5-16(6-3-13)34(31,32)22-12-28-21-7-4-15(11-17(21)22)33-23-18(25)8-14(9-19(23)26)10-20(27)24(29)30/h2-9,11-12,20,28H,10,27H2,1H3,(H,29,30)/t20-/m1/s1. The van der Waals surface area contributed by atoms with Gasteiger partial charge in [-0.2, -0.15) is 0 Å². The number of sulfone groups is 1. The van der Waals surface area contributed by atoms with Gasteiger partial charge in [-0.05, 0) is 61.4 Å². The molecule has 3 aromatic carbocycles. The Morgan fingerprint density at radius 1 is 1.09 bits per heavy atom. The summed E-state index contributed by atoms with van der Waals surface area (Å²) in [5.41, 5.74) is 7.70. The van der Waals surface area contributed by atoms with E-state index in [9.17, 15) is 13.2 Å². The first-order chi connectivity index (χ1) is 16.1. The van der Waals surface area contributed by atoms with Gasteiger partial charge in [0.1, 0.15) is 11.8 Å². The number of aliphatic carboxylic acids is 1. The normalized spacial score (nSPS) is 12.6. The zero-order valence-electron chi connectivity index (χ0n) is 17.9. The molecular formula is C24H20Cl2N2O5S. The maximum Gasteiger partial charge on any atom is 0.320 e. The van der Waals surface area contributed by atoms with Gasteiger partial charge in [0, 0.05) is 17.1 Å². The van der Waals surface area contributed by atoms with Crippen LogP contribution in [-0.4, -0.2) is 30.5 Å². The van der Waals surface area contributed by atoms with Gasteiger partial charge >= 0.3 is 5.97 Å². The summed E-state index contributed by atoms with van der Waals surface area (Å²) in [7, 11) is -3.77. The van der Waals surface area contributed by atoms with Crippen molar-refractivity contribution in [3.63, 3.8) is 0 Å². The van der Waals surface area contributed by atoms with Crippen LogP contribution in [0.2, 0.25) is 10.0 Å². The van der Waals surface area contributed by atoms with Gasteiger partial charge in [-0.3, -0.25) is 4.79 Å². The summed E-state index contributed by atoms with van der Waals surface area (Å²) in [6, 6.07) is 13.5. The Balaban J connectivity index is 1.68. The second kappa shape index (κ2) is 9.31. The van der Waals surface area contributed by atoms with E-state index in [0.717, 1.165) is 5.56 Å². The molecule has 0 aliphatic carbocycles. The third-order valence-corrected chi connectivity index (χ3v) is 7.66. The molecule has 10 heteroatoms. The molecular weight excluding hydrogens is 499 g/mol. The molecule has 0 aliphatic heterocycles. The second-order valence-electron chi connectivity index (χ2n) is 7.82. The van der Waals surface area contributed by atoms with Crippen molar-refractivity contribution < 1.29 is 23.1 Å². The van der Waals surface area contributed by atoms with Crippen LogP contribution in [0, 0.1) is 6.92 Å². The SMILES string of the molecule is Cc1ccc(S(=O)(=O)c2c[nH]c3ccc(Oc4c(Cl)cc(C[C@@H](N)C(=O)O)cc4Cl)cc23)cc1. The topological polar surface area (TPSA) is 122 Å². The smallest absolute Gasteiger partial charge is 0.320 e. The third-order valence-electron chi connectivity index (χ3n) is 5.29. The van der Waals surface area contributed by atoms with Gasteiger partial charge in [-0.15, -0.1) is 0 Å². The Labute approximate surface area is 206 Å². The number of halogens is 2. The number of carbonyl (C=O) groups is 1. The summed E-state index contributed by atoms with van der Waals surface area (Å²) >= 11 is 12.7. The van der Waals surface area contributed by atoms with E-state index < -0.39 is 21.8 Å². The minimum Gasteiger partial charge on any atom is -0.480 e. The monoisotopic (exact) mass is 518 g/mol. The fraction of sp³-hybridized carbons (Fsp3) is 0.125. The number of carboxylic acids is 1.